The Bertz CT molecular complexity index is 333. The molecule has 1 unspecified atom stereocenters. The lowest BCUT2D eigenvalue weighted by molar-refractivity contribution is 0.232. The molecule has 0 aliphatic carbocycles. The molecule has 0 aliphatic heterocycles. The van der Waals surface area contributed by atoms with E-state index in [9.17, 15) is 0 Å². The second-order valence-corrected chi connectivity index (χ2v) is 5.22. The number of nitrogens with one attached hydrogen (secondary N) is 1. The maximum atomic E-state index is 5.52. The molecule has 0 aliphatic rings. The Labute approximate surface area is 108 Å². The maximum Gasteiger partial charge on any atom is 0.218 e. The van der Waals surface area contributed by atoms with Crippen LogP contribution in [0.1, 0.15) is 27.2 Å². The van der Waals surface area contributed by atoms with Crippen molar-refractivity contribution in [2.45, 2.75) is 39.3 Å². The van der Waals surface area contributed by atoms with E-state index in [0.717, 1.165) is 18.0 Å². The van der Waals surface area contributed by atoms with Crippen molar-refractivity contribution < 1.29 is 4.74 Å². The summed E-state index contributed by atoms with van der Waals surface area (Å²) in [5.74, 6) is 2.59. The molecule has 0 bridgehead atoms. The number of anilines is 1. The van der Waals surface area contributed by atoms with Gasteiger partial charge in [-0.3, -0.25) is 0 Å². The predicted molar refractivity (Wildman–Crippen MR) is 73.9 cm³/mol. The van der Waals surface area contributed by atoms with E-state index in [1.165, 1.54) is 6.33 Å². The van der Waals surface area contributed by atoms with Gasteiger partial charge >= 0.3 is 0 Å². The van der Waals surface area contributed by atoms with Crippen molar-refractivity contribution in [1.29, 1.82) is 0 Å². The third-order valence-electron chi connectivity index (χ3n) is 2.15. The number of thioether (sulfide) groups is 1. The van der Waals surface area contributed by atoms with Crippen molar-refractivity contribution in [3.05, 3.63) is 12.4 Å². The van der Waals surface area contributed by atoms with Crippen molar-refractivity contribution in [2.24, 2.45) is 0 Å². The molecular weight excluding hydrogens is 234 g/mol. The Morgan fingerprint density at radius 1 is 1.35 bits per heavy atom. The number of ether oxygens (including phenoxy) is 1. The lowest BCUT2D eigenvalue weighted by Gasteiger charge is -2.14. The third-order valence-corrected chi connectivity index (χ3v) is 2.79. The lowest BCUT2D eigenvalue weighted by Crippen LogP contribution is -2.17. The van der Waals surface area contributed by atoms with Crippen molar-refractivity contribution in [3.63, 3.8) is 0 Å². The molecule has 17 heavy (non-hydrogen) atoms. The summed E-state index contributed by atoms with van der Waals surface area (Å²) in [4.78, 5) is 8.26. The molecule has 0 spiro atoms. The van der Waals surface area contributed by atoms with Crippen LogP contribution in [0, 0.1) is 0 Å². The van der Waals surface area contributed by atoms with Gasteiger partial charge in [0, 0.05) is 12.1 Å². The van der Waals surface area contributed by atoms with Gasteiger partial charge in [0.1, 0.15) is 12.1 Å². The molecule has 0 amide bonds. The summed E-state index contributed by atoms with van der Waals surface area (Å²) in [6.07, 6.45) is 4.89. The fourth-order valence-corrected chi connectivity index (χ4v) is 1.93. The highest BCUT2D eigenvalue weighted by Gasteiger charge is 2.05. The van der Waals surface area contributed by atoms with Gasteiger partial charge in [0.05, 0.1) is 6.10 Å². The van der Waals surface area contributed by atoms with E-state index >= 15 is 0 Å². The predicted octanol–water partition coefficient (Wildman–Crippen LogP) is 2.82. The zero-order chi connectivity index (χ0) is 12.7. The van der Waals surface area contributed by atoms with Crippen LogP contribution in [0.3, 0.4) is 0 Å². The van der Waals surface area contributed by atoms with E-state index in [4.69, 9.17) is 4.74 Å². The molecule has 1 rings (SSSR count). The highest BCUT2D eigenvalue weighted by molar-refractivity contribution is 7.98. The fourth-order valence-electron chi connectivity index (χ4n) is 1.34. The number of hydrogen-bond donors (Lipinski definition) is 1. The molecule has 96 valence electrons. The molecule has 0 saturated heterocycles. The van der Waals surface area contributed by atoms with Gasteiger partial charge in [-0.2, -0.15) is 11.8 Å². The molecule has 1 aromatic heterocycles. The minimum Gasteiger partial charge on any atom is -0.475 e. The number of rotatable bonds is 7. The first-order valence-electron chi connectivity index (χ1n) is 5.86. The summed E-state index contributed by atoms with van der Waals surface area (Å²) in [6.45, 7) is 6.12. The maximum absolute atomic E-state index is 5.52. The van der Waals surface area contributed by atoms with Gasteiger partial charge in [0.25, 0.3) is 0 Å². The quantitative estimate of drug-likeness (QED) is 0.812. The molecule has 1 heterocycles. The molecule has 0 aromatic carbocycles. The average molecular weight is 255 g/mol. The largest absolute Gasteiger partial charge is 0.475 e. The van der Waals surface area contributed by atoms with Gasteiger partial charge in [-0.25, -0.2) is 9.97 Å². The van der Waals surface area contributed by atoms with Crippen molar-refractivity contribution in [1.82, 2.24) is 9.97 Å². The SMILES string of the molecule is CSCCC(C)Nc1cc(OC(C)C)ncn1. The van der Waals surface area contributed by atoms with Gasteiger partial charge in [-0.1, -0.05) is 0 Å². The highest BCUT2D eigenvalue weighted by Crippen LogP contribution is 2.14. The van der Waals surface area contributed by atoms with E-state index in [-0.39, 0.29) is 6.10 Å². The molecule has 4 nitrogen and oxygen atoms in total. The monoisotopic (exact) mass is 255 g/mol. The molecule has 0 saturated carbocycles. The summed E-state index contributed by atoms with van der Waals surface area (Å²) < 4.78 is 5.52. The van der Waals surface area contributed by atoms with Crippen LogP contribution in [0.5, 0.6) is 5.88 Å². The fraction of sp³-hybridized carbons (Fsp3) is 0.667. The molecule has 0 fully saturated rings. The van der Waals surface area contributed by atoms with Gasteiger partial charge in [-0.05, 0) is 39.2 Å². The second-order valence-electron chi connectivity index (χ2n) is 4.23. The topological polar surface area (TPSA) is 47.0 Å². The van der Waals surface area contributed by atoms with Crippen LogP contribution in [0.15, 0.2) is 12.4 Å². The van der Waals surface area contributed by atoms with Crippen LogP contribution in [-0.4, -0.2) is 34.1 Å². The van der Waals surface area contributed by atoms with E-state index in [1.54, 1.807) is 0 Å². The van der Waals surface area contributed by atoms with Gasteiger partial charge in [-0.15, -0.1) is 0 Å². The zero-order valence-electron chi connectivity index (χ0n) is 10.9. The summed E-state index contributed by atoms with van der Waals surface area (Å²) in [6, 6.07) is 2.25. The minimum atomic E-state index is 0.131. The second kappa shape index (κ2) is 7.37. The Morgan fingerprint density at radius 2 is 2.12 bits per heavy atom. The first-order chi connectivity index (χ1) is 8.11. The van der Waals surface area contributed by atoms with Crippen molar-refractivity contribution in [3.8, 4) is 5.88 Å². The van der Waals surface area contributed by atoms with Crippen LogP contribution >= 0.6 is 11.8 Å². The van der Waals surface area contributed by atoms with E-state index in [2.05, 4.69) is 28.5 Å². The normalized spacial score (nSPS) is 12.5. The highest BCUT2D eigenvalue weighted by atomic mass is 32.2. The van der Waals surface area contributed by atoms with Crippen molar-refractivity contribution in [2.75, 3.05) is 17.3 Å². The van der Waals surface area contributed by atoms with Crippen LogP contribution in [0.4, 0.5) is 5.82 Å². The summed E-state index contributed by atoms with van der Waals surface area (Å²) in [7, 11) is 0. The molecular formula is C12H21N3OS. The van der Waals surface area contributed by atoms with E-state index in [0.29, 0.717) is 11.9 Å². The summed E-state index contributed by atoms with van der Waals surface area (Å²) >= 11 is 1.85. The zero-order valence-corrected chi connectivity index (χ0v) is 11.8. The first-order valence-corrected chi connectivity index (χ1v) is 7.25. The molecule has 1 N–H and O–H groups in total. The van der Waals surface area contributed by atoms with Gasteiger partial charge in [0.15, 0.2) is 0 Å². The average Bonchev–Trinajstić information content (AvgIpc) is 2.26. The number of aromatic nitrogens is 2. The van der Waals surface area contributed by atoms with Crippen LogP contribution < -0.4 is 10.1 Å². The Hall–Kier alpha value is -0.970. The number of hydrogen-bond acceptors (Lipinski definition) is 5. The standard InChI is InChI=1S/C12H21N3OS/c1-9(2)16-12-7-11(13-8-14-12)15-10(3)5-6-17-4/h7-10H,5-6H2,1-4H3,(H,13,14,15). The molecule has 1 atom stereocenters. The van der Waals surface area contributed by atoms with Crippen LogP contribution in [0.2, 0.25) is 0 Å². The van der Waals surface area contributed by atoms with Crippen molar-refractivity contribution >= 4 is 17.6 Å². The molecule has 5 heteroatoms. The lowest BCUT2D eigenvalue weighted by atomic mass is 10.2. The molecule has 0 radical (unpaired) electrons. The van der Waals surface area contributed by atoms with Gasteiger partial charge < -0.3 is 10.1 Å². The Kier molecular flexibility index (Phi) is 6.11. The first kappa shape index (κ1) is 14.1. The van der Waals surface area contributed by atoms with Crippen LogP contribution in [0.25, 0.3) is 0 Å². The van der Waals surface area contributed by atoms with E-state index in [1.807, 2.05) is 31.7 Å². The number of nitrogens with zero attached hydrogens (tertiary/aromatic N) is 2. The Balaban J connectivity index is 2.53. The Morgan fingerprint density at radius 3 is 2.76 bits per heavy atom. The van der Waals surface area contributed by atoms with Gasteiger partial charge in [0.2, 0.25) is 5.88 Å². The summed E-state index contributed by atoms with van der Waals surface area (Å²) in [5, 5.41) is 3.35. The molecule has 1 aromatic rings. The third kappa shape index (κ3) is 5.77. The minimum absolute atomic E-state index is 0.131. The van der Waals surface area contributed by atoms with E-state index < -0.39 is 0 Å². The smallest absolute Gasteiger partial charge is 0.218 e. The van der Waals surface area contributed by atoms with Crippen LogP contribution in [-0.2, 0) is 0 Å². The summed E-state index contributed by atoms with van der Waals surface area (Å²) in [5.41, 5.74) is 0.